The van der Waals surface area contributed by atoms with Gasteiger partial charge in [-0.3, -0.25) is 4.79 Å². The quantitative estimate of drug-likeness (QED) is 0.613. The molecule has 1 amide bonds. The van der Waals surface area contributed by atoms with Crippen LogP contribution in [-0.2, 0) is 14.8 Å². The SMILES string of the molecule is Cc1cc(C)c(S(=O)(=O)N(CC(=O)Nc2cc(Cl)ccc2C)C2CCCCC2)c(C)c1. The van der Waals surface area contributed by atoms with Gasteiger partial charge in [-0.25, -0.2) is 8.42 Å². The fraction of sp³-hybridized carbons (Fsp3) is 0.458. The van der Waals surface area contributed by atoms with E-state index in [4.69, 9.17) is 11.6 Å². The molecule has 0 saturated heterocycles. The van der Waals surface area contributed by atoms with Crippen LogP contribution in [0.3, 0.4) is 0 Å². The van der Waals surface area contributed by atoms with Gasteiger partial charge in [0.2, 0.25) is 15.9 Å². The Balaban J connectivity index is 1.95. The molecule has 0 spiro atoms. The fourth-order valence-corrected chi connectivity index (χ4v) is 6.76. The van der Waals surface area contributed by atoms with E-state index in [1.807, 2.05) is 45.9 Å². The molecule has 7 heteroatoms. The van der Waals surface area contributed by atoms with Gasteiger partial charge >= 0.3 is 0 Å². The highest BCUT2D eigenvalue weighted by Gasteiger charge is 2.35. The molecule has 0 radical (unpaired) electrons. The van der Waals surface area contributed by atoms with Crippen LogP contribution in [0.25, 0.3) is 0 Å². The number of rotatable bonds is 6. The summed E-state index contributed by atoms with van der Waals surface area (Å²) >= 11 is 6.07. The molecule has 168 valence electrons. The Hall–Kier alpha value is -1.89. The number of sulfonamides is 1. The maximum Gasteiger partial charge on any atom is 0.244 e. The number of carbonyl (C=O) groups excluding carboxylic acids is 1. The molecule has 1 aliphatic rings. The molecule has 1 fully saturated rings. The second-order valence-electron chi connectivity index (χ2n) is 8.58. The van der Waals surface area contributed by atoms with Gasteiger partial charge in [0.15, 0.2) is 0 Å². The van der Waals surface area contributed by atoms with E-state index in [0.29, 0.717) is 26.7 Å². The standard InChI is InChI=1S/C24H31ClN2O3S/c1-16-12-18(3)24(19(4)13-16)31(29,30)27(21-8-6-5-7-9-21)15-23(28)26-22-14-20(25)11-10-17(22)2/h10-14,21H,5-9,15H2,1-4H3,(H,26,28). The minimum atomic E-state index is -3.84. The summed E-state index contributed by atoms with van der Waals surface area (Å²) in [5.41, 5.74) is 3.91. The zero-order chi connectivity index (χ0) is 22.8. The first-order valence-electron chi connectivity index (χ1n) is 10.8. The van der Waals surface area contributed by atoms with E-state index < -0.39 is 10.0 Å². The molecule has 0 unspecified atom stereocenters. The number of nitrogens with zero attached hydrogens (tertiary/aromatic N) is 1. The smallest absolute Gasteiger partial charge is 0.244 e. The van der Waals surface area contributed by atoms with Gasteiger partial charge in [0.1, 0.15) is 0 Å². The van der Waals surface area contributed by atoms with Crippen molar-refractivity contribution in [1.29, 1.82) is 0 Å². The number of aryl methyl sites for hydroxylation is 4. The van der Waals surface area contributed by atoms with Crippen molar-refractivity contribution in [1.82, 2.24) is 4.31 Å². The van der Waals surface area contributed by atoms with E-state index in [-0.39, 0.29) is 18.5 Å². The van der Waals surface area contributed by atoms with E-state index in [1.54, 1.807) is 12.1 Å². The molecule has 5 nitrogen and oxygen atoms in total. The Morgan fingerprint density at radius 3 is 2.23 bits per heavy atom. The highest BCUT2D eigenvalue weighted by Crippen LogP contribution is 2.31. The Labute approximate surface area is 190 Å². The van der Waals surface area contributed by atoms with E-state index in [9.17, 15) is 13.2 Å². The summed E-state index contributed by atoms with van der Waals surface area (Å²) in [5.74, 6) is -0.359. The van der Waals surface area contributed by atoms with Crippen LogP contribution in [0.2, 0.25) is 5.02 Å². The van der Waals surface area contributed by atoms with Crippen molar-refractivity contribution in [3.8, 4) is 0 Å². The van der Waals surface area contributed by atoms with Gasteiger partial charge in [-0.05, 0) is 69.4 Å². The van der Waals surface area contributed by atoms with Crippen LogP contribution in [0.5, 0.6) is 0 Å². The fourth-order valence-electron chi connectivity index (χ4n) is 4.53. The van der Waals surface area contributed by atoms with Crippen LogP contribution < -0.4 is 5.32 Å². The summed E-state index contributed by atoms with van der Waals surface area (Å²) in [5, 5.41) is 3.37. The van der Waals surface area contributed by atoms with Gasteiger partial charge in [-0.1, -0.05) is 54.6 Å². The normalized spacial score (nSPS) is 15.3. The van der Waals surface area contributed by atoms with Crippen molar-refractivity contribution in [2.45, 2.75) is 70.7 Å². The summed E-state index contributed by atoms with van der Waals surface area (Å²) in [6.07, 6.45) is 4.58. The number of nitrogens with one attached hydrogen (secondary N) is 1. The van der Waals surface area contributed by atoms with Gasteiger partial charge < -0.3 is 5.32 Å². The van der Waals surface area contributed by atoms with Gasteiger partial charge in [0.05, 0.1) is 11.4 Å². The highest BCUT2D eigenvalue weighted by molar-refractivity contribution is 7.89. The lowest BCUT2D eigenvalue weighted by Gasteiger charge is -2.34. The lowest BCUT2D eigenvalue weighted by Crippen LogP contribution is -2.46. The Morgan fingerprint density at radius 2 is 1.61 bits per heavy atom. The highest BCUT2D eigenvalue weighted by atomic mass is 35.5. The molecule has 1 saturated carbocycles. The number of carbonyl (C=O) groups is 1. The van der Waals surface area contributed by atoms with Crippen LogP contribution >= 0.6 is 11.6 Å². The number of halogens is 1. The predicted octanol–water partition coefficient (Wildman–Crippen LogP) is 5.54. The van der Waals surface area contributed by atoms with Crippen LogP contribution in [0.1, 0.15) is 54.4 Å². The molecule has 31 heavy (non-hydrogen) atoms. The zero-order valence-electron chi connectivity index (χ0n) is 18.7. The molecule has 3 rings (SSSR count). The molecule has 1 aliphatic carbocycles. The number of benzene rings is 2. The lowest BCUT2D eigenvalue weighted by molar-refractivity contribution is -0.116. The average molecular weight is 463 g/mol. The summed E-state index contributed by atoms with van der Waals surface area (Å²) in [7, 11) is -3.84. The lowest BCUT2D eigenvalue weighted by atomic mass is 9.95. The second-order valence-corrected chi connectivity index (χ2v) is 10.8. The zero-order valence-corrected chi connectivity index (χ0v) is 20.2. The number of hydrogen-bond acceptors (Lipinski definition) is 3. The van der Waals surface area contributed by atoms with Crippen molar-refractivity contribution < 1.29 is 13.2 Å². The van der Waals surface area contributed by atoms with Crippen molar-refractivity contribution in [3.05, 3.63) is 57.6 Å². The van der Waals surface area contributed by atoms with Gasteiger partial charge in [0, 0.05) is 16.8 Å². The number of amides is 1. The van der Waals surface area contributed by atoms with Crippen LogP contribution in [0.15, 0.2) is 35.2 Å². The Morgan fingerprint density at radius 1 is 1.00 bits per heavy atom. The third-order valence-corrected chi connectivity index (χ3v) is 8.37. The largest absolute Gasteiger partial charge is 0.325 e. The molecule has 1 N–H and O–H groups in total. The summed E-state index contributed by atoms with van der Waals surface area (Å²) in [6.45, 7) is 7.26. The van der Waals surface area contributed by atoms with Gasteiger partial charge in [-0.15, -0.1) is 0 Å². The monoisotopic (exact) mass is 462 g/mol. The summed E-state index contributed by atoms with van der Waals surface area (Å²) in [6, 6.07) is 8.86. The van der Waals surface area contributed by atoms with Gasteiger partial charge in [-0.2, -0.15) is 4.31 Å². The van der Waals surface area contributed by atoms with Gasteiger partial charge in [0.25, 0.3) is 0 Å². The number of hydrogen-bond donors (Lipinski definition) is 1. The van der Waals surface area contributed by atoms with Crippen molar-refractivity contribution in [3.63, 3.8) is 0 Å². The first-order chi connectivity index (χ1) is 14.6. The Kier molecular flexibility index (Phi) is 7.45. The molecule has 2 aromatic carbocycles. The van der Waals surface area contributed by atoms with Crippen LogP contribution in [0.4, 0.5) is 5.69 Å². The summed E-state index contributed by atoms with van der Waals surface area (Å²) in [4.78, 5) is 13.3. The molecule has 0 heterocycles. The molecular formula is C24H31ClN2O3S. The van der Waals surface area contributed by atoms with Crippen LogP contribution in [0, 0.1) is 27.7 Å². The third kappa shape index (κ3) is 5.48. The molecular weight excluding hydrogens is 432 g/mol. The second kappa shape index (κ2) is 9.72. The van der Waals surface area contributed by atoms with E-state index in [0.717, 1.165) is 43.2 Å². The summed E-state index contributed by atoms with van der Waals surface area (Å²) < 4.78 is 29.1. The average Bonchev–Trinajstić information content (AvgIpc) is 2.68. The van der Waals surface area contributed by atoms with E-state index >= 15 is 0 Å². The van der Waals surface area contributed by atoms with Crippen LogP contribution in [-0.4, -0.2) is 31.2 Å². The first-order valence-corrected chi connectivity index (χ1v) is 12.6. The maximum atomic E-state index is 13.8. The third-order valence-electron chi connectivity index (χ3n) is 5.93. The van der Waals surface area contributed by atoms with Crippen molar-refractivity contribution in [2.75, 3.05) is 11.9 Å². The molecule has 0 aromatic heterocycles. The topological polar surface area (TPSA) is 66.5 Å². The molecule has 0 bridgehead atoms. The van der Waals surface area contributed by atoms with E-state index in [1.165, 1.54) is 4.31 Å². The van der Waals surface area contributed by atoms with E-state index in [2.05, 4.69) is 5.32 Å². The molecule has 0 atom stereocenters. The Bertz CT molecular complexity index is 1050. The molecule has 0 aliphatic heterocycles. The number of anilines is 1. The minimum absolute atomic E-state index is 0.176. The maximum absolute atomic E-state index is 13.8. The minimum Gasteiger partial charge on any atom is -0.325 e. The predicted molar refractivity (Wildman–Crippen MR) is 126 cm³/mol. The molecule has 2 aromatic rings. The van der Waals surface area contributed by atoms with Crippen molar-refractivity contribution >= 4 is 33.2 Å². The van der Waals surface area contributed by atoms with Crippen molar-refractivity contribution in [2.24, 2.45) is 0 Å². The first kappa shape index (κ1) is 23.8.